The van der Waals surface area contributed by atoms with Gasteiger partial charge in [0.1, 0.15) is 0 Å². The molecule has 1 aromatic carbocycles. The van der Waals surface area contributed by atoms with Crippen LogP contribution in [0.3, 0.4) is 0 Å². The van der Waals surface area contributed by atoms with E-state index in [2.05, 4.69) is 5.32 Å². The summed E-state index contributed by atoms with van der Waals surface area (Å²) in [5, 5.41) is 23.5. The van der Waals surface area contributed by atoms with E-state index in [1.807, 2.05) is 6.26 Å². The first-order valence-corrected chi connectivity index (χ1v) is 7.52. The molecule has 0 aromatic heterocycles. The first-order chi connectivity index (χ1) is 9.82. The van der Waals surface area contributed by atoms with Gasteiger partial charge in [-0.05, 0) is 19.2 Å². The van der Waals surface area contributed by atoms with Gasteiger partial charge in [0.2, 0.25) is 5.75 Å². The summed E-state index contributed by atoms with van der Waals surface area (Å²) >= 11 is 1.45. The van der Waals surface area contributed by atoms with Gasteiger partial charge in [0.05, 0.1) is 23.2 Å². The summed E-state index contributed by atoms with van der Waals surface area (Å²) in [7, 11) is 1.27. The first kappa shape index (κ1) is 17.3. The van der Waals surface area contributed by atoms with Crippen molar-refractivity contribution in [1.29, 1.82) is 0 Å². The maximum absolute atomic E-state index is 12.1. The largest absolute Gasteiger partial charge is 0.490 e. The monoisotopic (exact) mass is 314 g/mol. The van der Waals surface area contributed by atoms with E-state index in [1.165, 1.54) is 37.1 Å². The van der Waals surface area contributed by atoms with Crippen molar-refractivity contribution in [2.45, 2.75) is 12.5 Å². The summed E-state index contributed by atoms with van der Waals surface area (Å²) in [6.45, 7) is 1.65. The molecule has 8 heteroatoms. The van der Waals surface area contributed by atoms with Crippen LogP contribution in [0.4, 0.5) is 5.69 Å². The third-order valence-electron chi connectivity index (χ3n) is 2.72. The number of rotatable bonds is 7. The van der Waals surface area contributed by atoms with Gasteiger partial charge in [0, 0.05) is 18.4 Å². The second-order valence-electron chi connectivity index (χ2n) is 4.73. The van der Waals surface area contributed by atoms with Gasteiger partial charge < -0.3 is 15.2 Å². The molecule has 0 saturated carbocycles. The third-order valence-corrected chi connectivity index (χ3v) is 3.64. The molecule has 0 aliphatic heterocycles. The summed E-state index contributed by atoms with van der Waals surface area (Å²) < 4.78 is 4.97. The highest BCUT2D eigenvalue weighted by molar-refractivity contribution is 7.98. The van der Waals surface area contributed by atoms with E-state index in [9.17, 15) is 20.0 Å². The molecule has 0 bridgehead atoms. The highest BCUT2D eigenvalue weighted by Crippen LogP contribution is 2.30. The quantitative estimate of drug-likeness (QED) is 0.583. The molecule has 0 aliphatic carbocycles. The van der Waals surface area contributed by atoms with Crippen LogP contribution >= 0.6 is 11.8 Å². The van der Waals surface area contributed by atoms with Crippen molar-refractivity contribution in [1.82, 2.24) is 5.32 Å². The molecule has 0 radical (unpaired) electrons. The van der Waals surface area contributed by atoms with E-state index in [-0.39, 0.29) is 23.5 Å². The number of nitro benzene ring substituents is 1. The highest BCUT2D eigenvalue weighted by atomic mass is 32.2. The Kier molecular flexibility index (Phi) is 5.98. The van der Waals surface area contributed by atoms with Crippen LogP contribution in [-0.2, 0) is 0 Å². The number of benzene rings is 1. The number of hydrogen-bond donors (Lipinski definition) is 2. The number of ether oxygens (including phenoxy) is 1. The van der Waals surface area contributed by atoms with Gasteiger partial charge in [-0.15, -0.1) is 0 Å². The fourth-order valence-electron chi connectivity index (χ4n) is 1.79. The summed E-state index contributed by atoms with van der Waals surface area (Å²) in [6, 6.07) is 4.11. The zero-order valence-corrected chi connectivity index (χ0v) is 12.9. The number of thioether (sulfide) groups is 1. The summed E-state index contributed by atoms with van der Waals surface area (Å²) in [6.07, 6.45) is 1.85. The Balaban J connectivity index is 2.93. The number of para-hydroxylation sites is 1. The molecule has 1 aromatic rings. The van der Waals surface area contributed by atoms with Crippen LogP contribution in [0.15, 0.2) is 18.2 Å². The Morgan fingerprint density at radius 2 is 2.24 bits per heavy atom. The number of amides is 1. The number of aliphatic hydroxyl groups is 1. The van der Waals surface area contributed by atoms with Crippen molar-refractivity contribution < 1.29 is 19.6 Å². The van der Waals surface area contributed by atoms with E-state index < -0.39 is 16.4 Å². The Hall–Kier alpha value is -1.80. The Morgan fingerprint density at radius 1 is 1.57 bits per heavy atom. The van der Waals surface area contributed by atoms with Crippen molar-refractivity contribution in [2.24, 2.45) is 0 Å². The molecule has 1 atom stereocenters. The SMILES string of the molecule is COc1c(C(=O)NCC(C)(O)CSC)cccc1[N+](=O)[O-]. The van der Waals surface area contributed by atoms with Gasteiger partial charge in [-0.1, -0.05) is 6.07 Å². The maximum atomic E-state index is 12.1. The van der Waals surface area contributed by atoms with Gasteiger partial charge in [-0.25, -0.2) is 0 Å². The molecule has 0 fully saturated rings. The second-order valence-corrected chi connectivity index (χ2v) is 5.59. The van der Waals surface area contributed by atoms with E-state index >= 15 is 0 Å². The predicted octanol–water partition coefficient (Wildman–Crippen LogP) is 1.45. The van der Waals surface area contributed by atoms with Crippen LogP contribution in [0.5, 0.6) is 5.75 Å². The van der Waals surface area contributed by atoms with Crippen molar-refractivity contribution in [2.75, 3.05) is 25.7 Å². The van der Waals surface area contributed by atoms with Crippen molar-refractivity contribution in [3.63, 3.8) is 0 Å². The Morgan fingerprint density at radius 3 is 2.76 bits per heavy atom. The lowest BCUT2D eigenvalue weighted by atomic mass is 10.1. The number of nitro groups is 1. The Labute approximate surface area is 126 Å². The van der Waals surface area contributed by atoms with Crippen LogP contribution in [0.1, 0.15) is 17.3 Å². The van der Waals surface area contributed by atoms with Crippen molar-refractivity contribution in [3.05, 3.63) is 33.9 Å². The Bertz CT molecular complexity index is 533. The maximum Gasteiger partial charge on any atom is 0.311 e. The van der Waals surface area contributed by atoms with Gasteiger partial charge in [0.25, 0.3) is 5.91 Å². The average Bonchev–Trinajstić information content (AvgIpc) is 2.43. The lowest BCUT2D eigenvalue weighted by Crippen LogP contribution is -2.42. The number of carbonyl (C=O) groups excluding carboxylic acids is 1. The summed E-state index contributed by atoms with van der Waals surface area (Å²) in [5.41, 5.74) is -1.27. The van der Waals surface area contributed by atoms with Crippen LogP contribution in [0, 0.1) is 10.1 Å². The van der Waals surface area contributed by atoms with Crippen molar-refractivity contribution >= 4 is 23.4 Å². The van der Waals surface area contributed by atoms with E-state index in [1.54, 1.807) is 6.92 Å². The molecular weight excluding hydrogens is 296 g/mol. The molecule has 7 nitrogen and oxygen atoms in total. The van der Waals surface area contributed by atoms with Gasteiger partial charge >= 0.3 is 5.69 Å². The predicted molar refractivity (Wildman–Crippen MR) is 81.0 cm³/mol. The number of nitrogens with zero attached hydrogens (tertiary/aromatic N) is 1. The van der Waals surface area contributed by atoms with Gasteiger partial charge in [-0.2, -0.15) is 11.8 Å². The fraction of sp³-hybridized carbons (Fsp3) is 0.462. The normalized spacial score (nSPS) is 13.3. The number of methoxy groups -OCH3 is 1. The second kappa shape index (κ2) is 7.28. The van der Waals surface area contributed by atoms with E-state index in [0.29, 0.717) is 5.75 Å². The van der Waals surface area contributed by atoms with Crippen molar-refractivity contribution in [3.8, 4) is 5.75 Å². The molecule has 2 N–H and O–H groups in total. The minimum Gasteiger partial charge on any atom is -0.490 e. The van der Waals surface area contributed by atoms with E-state index in [4.69, 9.17) is 4.74 Å². The highest BCUT2D eigenvalue weighted by Gasteiger charge is 2.25. The summed E-state index contributed by atoms with van der Waals surface area (Å²) in [5.74, 6) is -0.166. The van der Waals surface area contributed by atoms with E-state index in [0.717, 1.165) is 0 Å². The molecule has 21 heavy (non-hydrogen) atoms. The fourth-order valence-corrected chi connectivity index (χ4v) is 2.51. The van der Waals surface area contributed by atoms with Crippen LogP contribution in [0.25, 0.3) is 0 Å². The molecular formula is C13H18N2O5S. The lowest BCUT2D eigenvalue weighted by molar-refractivity contribution is -0.385. The van der Waals surface area contributed by atoms with Gasteiger partial charge in [0.15, 0.2) is 0 Å². The van der Waals surface area contributed by atoms with Crippen LogP contribution in [0.2, 0.25) is 0 Å². The molecule has 0 saturated heterocycles. The zero-order valence-electron chi connectivity index (χ0n) is 12.1. The standard InChI is InChI=1S/C13H18N2O5S/c1-13(17,8-21-3)7-14-12(16)9-5-4-6-10(15(18)19)11(9)20-2/h4-6,17H,7-8H2,1-3H3,(H,14,16). The number of hydrogen-bond acceptors (Lipinski definition) is 6. The minimum atomic E-state index is -1.05. The van der Waals surface area contributed by atoms with Gasteiger partial charge in [-0.3, -0.25) is 14.9 Å². The van der Waals surface area contributed by atoms with Crippen LogP contribution < -0.4 is 10.1 Å². The smallest absolute Gasteiger partial charge is 0.311 e. The molecule has 0 heterocycles. The number of nitrogens with one attached hydrogen (secondary N) is 1. The number of carbonyl (C=O) groups is 1. The lowest BCUT2D eigenvalue weighted by Gasteiger charge is -2.22. The zero-order chi connectivity index (χ0) is 16.0. The minimum absolute atomic E-state index is 0.0402. The average molecular weight is 314 g/mol. The molecule has 1 rings (SSSR count). The summed E-state index contributed by atoms with van der Waals surface area (Å²) in [4.78, 5) is 22.4. The first-order valence-electron chi connectivity index (χ1n) is 6.13. The molecule has 0 spiro atoms. The molecule has 1 amide bonds. The topological polar surface area (TPSA) is 102 Å². The third kappa shape index (κ3) is 4.61. The molecule has 116 valence electrons. The molecule has 1 unspecified atom stereocenters. The van der Waals surface area contributed by atoms with Crippen LogP contribution in [-0.4, -0.2) is 47.2 Å². The molecule has 0 aliphatic rings.